The topological polar surface area (TPSA) is 83.4 Å². The Kier molecular flexibility index (Phi) is 5.72. The molecule has 0 aromatic heterocycles. The maximum atomic E-state index is 12.9. The molecule has 1 aliphatic carbocycles. The Morgan fingerprint density at radius 3 is 2.25 bits per heavy atom. The summed E-state index contributed by atoms with van der Waals surface area (Å²) in [6.45, 7) is 1.80. The summed E-state index contributed by atoms with van der Waals surface area (Å²) in [7, 11) is 5.96. The summed E-state index contributed by atoms with van der Waals surface area (Å²) >= 11 is 0. The van der Waals surface area contributed by atoms with E-state index in [-0.39, 0.29) is 5.78 Å². The molecule has 0 saturated heterocycles. The van der Waals surface area contributed by atoms with Gasteiger partial charge < -0.3 is 18.9 Å². The van der Waals surface area contributed by atoms with E-state index in [2.05, 4.69) is 4.99 Å². The van der Waals surface area contributed by atoms with Crippen LogP contribution in [-0.2, 0) is 14.3 Å². The summed E-state index contributed by atoms with van der Waals surface area (Å²) in [6, 6.07) is 3.47. The van der Waals surface area contributed by atoms with Crippen molar-refractivity contribution in [3.05, 3.63) is 29.0 Å². The highest BCUT2D eigenvalue weighted by molar-refractivity contribution is 6.09. The number of hydrogen-bond donors (Lipinski definition) is 0. The van der Waals surface area contributed by atoms with E-state index in [0.29, 0.717) is 46.9 Å². The van der Waals surface area contributed by atoms with Crippen LogP contribution in [0.1, 0.15) is 37.7 Å². The van der Waals surface area contributed by atoms with Crippen LogP contribution in [0.5, 0.6) is 17.2 Å². The van der Waals surface area contributed by atoms with Gasteiger partial charge in [0.15, 0.2) is 17.3 Å². The van der Waals surface area contributed by atoms with Crippen molar-refractivity contribution >= 4 is 17.5 Å². The summed E-state index contributed by atoms with van der Waals surface area (Å²) in [5, 5.41) is 0. The predicted molar refractivity (Wildman–Crippen MR) is 103 cm³/mol. The van der Waals surface area contributed by atoms with E-state index in [1.807, 2.05) is 0 Å². The fourth-order valence-electron chi connectivity index (χ4n) is 4.07. The van der Waals surface area contributed by atoms with Crippen molar-refractivity contribution < 1.29 is 28.5 Å². The quantitative estimate of drug-likeness (QED) is 0.722. The van der Waals surface area contributed by atoms with Crippen LogP contribution in [0.15, 0.2) is 28.4 Å². The van der Waals surface area contributed by atoms with Gasteiger partial charge in [0.05, 0.1) is 28.4 Å². The molecule has 1 aliphatic heterocycles. The average Bonchev–Trinajstić information content (AvgIpc) is 2.71. The Morgan fingerprint density at radius 2 is 1.64 bits per heavy atom. The molecule has 7 nitrogen and oxygen atoms in total. The molecule has 0 amide bonds. The first-order chi connectivity index (χ1) is 13.5. The van der Waals surface area contributed by atoms with Gasteiger partial charge in [-0.05, 0) is 25.8 Å². The lowest BCUT2D eigenvalue weighted by molar-refractivity contribution is -0.143. The number of Topliss-reactive ketones (excluding diaryl/α,β-unsaturated/α-hetero) is 1. The number of ether oxygens (including phenoxy) is 4. The van der Waals surface area contributed by atoms with Crippen molar-refractivity contribution in [2.24, 2.45) is 10.9 Å². The number of esters is 1. The summed E-state index contributed by atoms with van der Waals surface area (Å²) in [5.74, 6) is -0.186. The molecule has 3 rings (SSSR count). The van der Waals surface area contributed by atoms with Crippen LogP contribution >= 0.6 is 0 Å². The summed E-state index contributed by atoms with van der Waals surface area (Å²) in [5.41, 5.74) is 2.61. The molecule has 0 bridgehead atoms. The van der Waals surface area contributed by atoms with Crippen molar-refractivity contribution in [3.8, 4) is 17.2 Å². The maximum Gasteiger partial charge on any atom is 0.315 e. The monoisotopic (exact) mass is 387 g/mol. The van der Waals surface area contributed by atoms with Gasteiger partial charge in [0.1, 0.15) is 11.7 Å². The van der Waals surface area contributed by atoms with E-state index in [0.717, 1.165) is 12.1 Å². The van der Waals surface area contributed by atoms with E-state index in [4.69, 9.17) is 18.9 Å². The highest BCUT2D eigenvalue weighted by Crippen LogP contribution is 2.48. The van der Waals surface area contributed by atoms with Crippen molar-refractivity contribution in [2.75, 3.05) is 28.4 Å². The van der Waals surface area contributed by atoms with Crippen molar-refractivity contribution in [1.82, 2.24) is 0 Å². The molecular weight excluding hydrogens is 362 g/mol. The molecule has 2 atom stereocenters. The van der Waals surface area contributed by atoms with Crippen LogP contribution < -0.4 is 14.2 Å². The number of nitrogens with zero attached hydrogens (tertiary/aromatic N) is 1. The van der Waals surface area contributed by atoms with Crippen molar-refractivity contribution in [1.29, 1.82) is 0 Å². The van der Waals surface area contributed by atoms with E-state index >= 15 is 0 Å². The molecule has 1 aromatic rings. The first kappa shape index (κ1) is 19.9. The number of carbonyl (C=O) groups is 2. The van der Waals surface area contributed by atoms with Crippen LogP contribution in [0.2, 0.25) is 0 Å². The number of benzene rings is 1. The SMILES string of the molecule is COC(=O)C1C(C)=NC2=C(C(=O)CCC2)[C@@H]1c1cc(OC)c(OC)cc1OC. The van der Waals surface area contributed by atoms with Gasteiger partial charge in [0, 0.05) is 41.0 Å². The standard InChI is InChI=1S/C21H25NO6/c1-11-18(21(24)28-5)19(20-13(22-11)7-6-8-14(20)23)12-9-16(26-3)17(27-4)10-15(12)25-2/h9-10,18-19H,6-8H2,1-5H3/t18?,19-/m1/s1. The number of rotatable bonds is 5. The Hall–Kier alpha value is -2.83. The van der Waals surface area contributed by atoms with Gasteiger partial charge >= 0.3 is 5.97 Å². The number of ketones is 1. The third-order valence-corrected chi connectivity index (χ3v) is 5.36. The van der Waals surface area contributed by atoms with E-state index in [1.165, 1.54) is 21.3 Å². The van der Waals surface area contributed by atoms with E-state index in [9.17, 15) is 9.59 Å². The Labute approximate surface area is 164 Å². The van der Waals surface area contributed by atoms with Crippen LogP contribution in [0.3, 0.4) is 0 Å². The van der Waals surface area contributed by atoms with Crippen molar-refractivity contribution in [3.63, 3.8) is 0 Å². The molecule has 0 saturated carbocycles. The number of aliphatic imine (C=N–C) groups is 1. The van der Waals surface area contributed by atoms with Crippen molar-refractivity contribution in [2.45, 2.75) is 32.1 Å². The Bertz CT molecular complexity index is 870. The normalized spacial score (nSPS) is 21.6. The van der Waals surface area contributed by atoms with Gasteiger partial charge in [-0.15, -0.1) is 0 Å². The van der Waals surface area contributed by atoms with Gasteiger partial charge in [-0.2, -0.15) is 0 Å². The number of carbonyl (C=O) groups excluding carboxylic acids is 2. The van der Waals surface area contributed by atoms with E-state index in [1.54, 1.807) is 26.2 Å². The average molecular weight is 387 g/mol. The molecular formula is C21H25NO6. The molecule has 1 unspecified atom stereocenters. The van der Waals surface area contributed by atoms with Gasteiger partial charge in [-0.25, -0.2) is 0 Å². The maximum absolute atomic E-state index is 12.9. The van der Waals surface area contributed by atoms with Crippen LogP contribution in [0.25, 0.3) is 0 Å². The van der Waals surface area contributed by atoms with Crippen LogP contribution in [0, 0.1) is 5.92 Å². The lowest BCUT2D eigenvalue weighted by Crippen LogP contribution is -2.37. The number of hydrogen-bond acceptors (Lipinski definition) is 7. The minimum Gasteiger partial charge on any atom is -0.496 e. The highest BCUT2D eigenvalue weighted by atomic mass is 16.5. The van der Waals surface area contributed by atoms with Gasteiger partial charge in [0.2, 0.25) is 0 Å². The molecule has 1 aromatic carbocycles. The minimum absolute atomic E-state index is 0.00763. The second-order valence-corrected chi connectivity index (χ2v) is 6.82. The van der Waals surface area contributed by atoms with Crippen LogP contribution in [-0.4, -0.2) is 45.9 Å². The Morgan fingerprint density at radius 1 is 1.00 bits per heavy atom. The lowest BCUT2D eigenvalue weighted by atomic mass is 9.71. The van der Waals surface area contributed by atoms with Gasteiger partial charge in [-0.1, -0.05) is 0 Å². The third kappa shape index (κ3) is 3.25. The molecule has 0 spiro atoms. The van der Waals surface area contributed by atoms with E-state index < -0.39 is 17.8 Å². The molecule has 150 valence electrons. The zero-order chi connectivity index (χ0) is 20.4. The fourth-order valence-corrected chi connectivity index (χ4v) is 4.07. The second kappa shape index (κ2) is 8.04. The first-order valence-electron chi connectivity index (χ1n) is 9.15. The zero-order valence-electron chi connectivity index (χ0n) is 16.8. The minimum atomic E-state index is -0.710. The molecule has 7 heteroatoms. The molecule has 0 fully saturated rings. The highest BCUT2D eigenvalue weighted by Gasteiger charge is 2.44. The smallest absolute Gasteiger partial charge is 0.315 e. The molecule has 0 N–H and O–H groups in total. The molecule has 2 aliphatic rings. The summed E-state index contributed by atoms with van der Waals surface area (Å²) in [4.78, 5) is 30.2. The number of methoxy groups -OCH3 is 4. The predicted octanol–water partition coefficient (Wildman–Crippen LogP) is 3.07. The summed E-state index contributed by atoms with van der Waals surface area (Å²) in [6.07, 6.45) is 1.90. The molecule has 0 radical (unpaired) electrons. The Balaban J connectivity index is 2.28. The zero-order valence-corrected chi connectivity index (χ0v) is 16.8. The number of allylic oxidation sites excluding steroid dienone is 2. The third-order valence-electron chi connectivity index (χ3n) is 5.36. The van der Waals surface area contributed by atoms with Gasteiger partial charge in [-0.3, -0.25) is 14.6 Å². The summed E-state index contributed by atoms with van der Waals surface area (Å²) < 4.78 is 21.5. The first-order valence-corrected chi connectivity index (χ1v) is 9.15. The second-order valence-electron chi connectivity index (χ2n) is 6.82. The van der Waals surface area contributed by atoms with Crippen LogP contribution in [0.4, 0.5) is 0 Å². The lowest BCUT2D eigenvalue weighted by Gasteiger charge is -2.35. The molecule has 1 heterocycles. The fraction of sp³-hybridized carbons (Fsp3) is 0.476. The van der Waals surface area contributed by atoms with Gasteiger partial charge in [0.25, 0.3) is 0 Å². The molecule has 28 heavy (non-hydrogen) atoms. The largest absolute Gasteiger partial charge is 0.496 e.